The van der Waals surface area contributed by atoms with Crippen molar-refractivity contribution in [3.63, 3.8) is 0 Å². The van der Waals surface area contributed by atoms with Crippen LogP contribution in [0.2, 0.25) is 9.49 Å². The first-order valence-corrected chi connectivity index (χ1v) is 10.7. The van der Waals surface area contributed by atoms with Crippen LogP contribution in [-0.4, -0.2) is 23.3 Å². The molecule has 1 atom stereocenters. The molecule has 1 heterocycles. The molecule has 2 aliphatic rings. The number of fused-ring (bicyclic) bond motifs is 1. The molecule has 4 rings (SSSR count). The number of rotatable bonds is 6. The number of esters is 1. The molecule has 2 aliphatic carbocycles. The van der Waals surface area contributed by atoms with Crippen molar-refractivity contribution in [2.24, 2.45) is 5.92 Å². The van der Waals surface area contributed by atoms with Crippen LogP contribution in [0.25, 0.3) is 0 Å². The summed E-state index contributed by atoms with van der Waals surface area (Å²) in [6.07, 6.45) is 5.62. The van der Waals surface area contributed by atoms with E-state index in [2.05, 4.69) is 10.3 Å². The number of nitrogens with zero attached hydrogens (tertiary/aromatic N) is 1. The van der Waals surface area contributed by atoms with Crippen molar-refractivity contribution in [3.05, 3.63) is 55.5 Å². The van der Waals surface area contributed by atoms with E-state index in [4.69, 9.17) is 27.9 Å². The third-order valence-corrected chi connectivity index (χ3v) is 6.36. The number of ketones is 1. The molecule has 1 fully saturated rings. The molecule has 0 amide bonds. The second-order valence-corrected chi connectivity index (χ2v) is 8.95. The molecule has 1 aromatic carbocycles. The number of allylic oxidation sites excluding steroid dienone is 1. The van der Waals surface area contributed by atoms with Gasteiger partial charge in [-0.25, -0.2) is 9.78 Å². The Hall–Kier alpha value is -1.89. The van der Waals surface area contributed by atoms with Crippen molar-refractivity contribution in [2.45, 2.75) is 32.2 Å². The molecular formula is C20H18Cl2N2O3S. The van der Waals surface area contributed by atoms with Crippen LogP contribution in [0, 0.1) is 5.92 Å². The van der Waals surface area contributed by atoms with E-state index >= 15 is 0 Å². The molecule has 28 heavy (non-hydrogen) atoms. The Bertz CT molecular complexity index is 982. The number of thiazole rings is 1. The molecule has 0 bridgehead atoms. The van der Waals surface area contributed by atoms with E-state index < -0.39 is 5.97 Å². The number of hydrogen-bond acceptors (Lipinski definition) is 6. The fourth-order valence-corrected chi connectivity index (χ4v) is 4.61. The van der Waals surface area contributed by atoms with Crippen molar-refractivity contribution >= 4 is 52.0 Å². The highest BCUT2D eigenvalue weighted by Gasteiger charge is 2.39. The van der Waals surface area contributed by atoms with Crippen LogP contribution in [0.5, 0.6) is 0 Å². The summed E-state index contributed by atoms with van der Waals surface area (Å²) in [5, 5.41) is 3.78. The maximum absolute atomic E-state index is 13.0. The first kappa shape index (κ1) is 19.4. The molecule has 2 aromatic rings. The van der Waals surface area contributed by atoms with E-state index in [1.807, 2.05) is 6.07 Å². The molecule has 1 saturated carbocycles. The maximum Gasteiger partial charge on any atom is 0.341 e. The number of hydrogen-bond donors (Lipinski definition) is 1. The summed E-state index contributed by atoms with van der Waals surface area (Å²) < 4.78 is 5.56. The third kappa shape index (κ3) is 3.81. The van der Waals surface area contributed by atoms with Gasteiger partial charge in [0, 0.05) is 22.6 Å². The van der Waals surface area contributed by atoms with Gasteiger partial charge in [-0.3, -0.25) is 4.79 Å². The molecule has 1 aromatic heterocycles. The minimum Gasteiger partial charge on any atom is -0.462 e. The van der Waals surface area contributed by atoms with Crippen LogP contribution in [0.3, 0.4) is 0 Å². The Kier molecular flexibility index (Phi) is 5.45. The maximum atomic E-state index is 13.0. The first-order chi connectivity index (χ1) is 13.5. The number of halogens is 2. The topological polar surface area (TPSA) is 68.3 Å². The minimum atomic E-state index is -0.562. The van der Waals surface area contributed by atoms with Gasteiger partial charge in [0.2, 0.25) is 0 Å². The zero-order valence-corrected chi connectivity index (χ0v) is 17.5. The van der Waals surface area contributed by atoms with Gasteiger partial charge >= 0.3 is 5.97 Å². The average molecular weight is 437 g/mol. The molecule has 1 unspecified atom stereocenters. The Morgan fingerprint density at radius 1 is 1.36 bits per heavy atom. The van der Waals surface area contributed by atoms with E-state index in [0.29, 0.717) is 33.2 Å². The smallest absolute Gasteiger partial charge is 0.341 e. The van der Waals surface area contributed by atoms with E-state index in [-0.39, 0.29) is 23.9 Å². The van der Waals surface area contributed by atoms with Crippen LogP contribution in [0.15, 0.2) is 30.0 Å². The number of ether oxygens (including phenoxy) is 1. The number of Topliss-reactive ketones (excluding diaryl/α,β-unsaturated/α-hetero) is 1. The van der Waals surface area contributed by atoms with E-state index in [9.17, 15) is 9.59 Å². The van der Waals surface area contributed by atoms with Crippen molar-refractivity contribution in [2.75, 3.05) is 11.9 Å². The first-order valence-electron chi connectivity index (χ1n) is 9.09. The highest BCUT2D eigenvalue weighted by atomic mass is 35.5. The Morgan fingerprint density at radius 3 is 2.79 bits per heavy atom. The fourth-order valence-electron chi connectivity index (χ4n) is 3.45. The summed E-state index contributed by atoms with van der Waals surface area (Å²) in [5.74, 6) is -0.428. The Balaban J connectivity index is 1.66. The third-order valence-electron chi connectivity index (χ3n) is 4.94. The Morgan fingerprint density at radius 2 is 2.14 bits per heavy atom. The largest absolute Gasteiger partial charge is 0.462 e. The van der Waals surface area contributed by atoms with Gasteiger partial charge in [-0.1, -0.05) is 29.3 Å². The van der Waals surface area contributed by atoms with Crippen molar-refractivity contribution in [3.8, 4) is 0 Å². The molecule has 0 spiro atoms. The molecule has 146 valence electrons. The normalized spacial score (nSPS) is 18.5. The number of carbonyl (C=O) groups is 2. The van der Waals surface area contributed by atoms with Gasteiger partial charge in [-0.2, -0.15) is 0 Å². The van der Waals surface area contributed by atoms with E-state index in [1.54, 1.807) is 25.3 Å². The second-order valence-electron chi connectivity index (χ2n) is 6.85. The minimum absolute atomic E-state index is 0.0129. The van der Waals surface area contributed by atoms with Gasteiger partial charge in [0.25, 0.3) is 0 Å². The molecule has 0 saturated heterocycles. The molecule has 5 nitrogen and oxygen atoms in total. The lowest BCUT2D eigenvalue weighted by Crippen LogP contribution is -2.24. The lowest BCUT2D eigenvalue weighted by molar-refractivity contribution is -0.138. The summed E-state index contributed by atoms with van der Waals surface area (Å²) in [6.45, 7) is 2.45. The monoisotopic (exact) mass is 436 g/mol. The van der Waals surface area contributed by atoms with Gasteiger partial charge in [-0.05, 0) is 43.4 Å². The highest BCUT2D eigenvalue weighted by molar-refractivity contribution is 7.15. The quantitative estimate of drug-likeness (QED) is 0.495. The average Bonchev–Trinajstić information content (AvgIpc) is 3.42. The molecule has 0 aliphatic heterocycles. The summed E-state index contributed by atoms with van der Waals surface area (Å²) in [6, 6.07) is 3.59. The van der Waals surface area contributed by atoms with Gasteiger partial charge in [0.1, 0.15) is 5.57 Å². The van der Waals surface area contributed by atoms with Gasteiger partial charge in [0.05, 0.1) is 23.9 Å². The summed E-state index contributed by atoms with van der Waals surface area (Å²) in [5.41, 5.74) is 2.15. The zero-order valence-electron chi connectivity index (χ0n) is 15.1. The molecule has 0 radical (unpaired) electrons. The lowest BCUT2D eigenvalue weighted by Gasteiger charge is -2.24. The van der Waals surface area contributed by atoms with Crippen LogP contribution < -0.4 is 5.32 Å². The van der Waals surface area contributed by atoms with E-state index in [1.165, 1.54) is 11.3 Å². The number of carbonyl (C=O) groups excluding carboxylic acids is 2. The van der Waals surface area contributed by atoms with Gasteiger partial charge < -0.3 is 10.1 Å². The van der Waals surface area contributed by atoms with Gasteiger partial charge in [-0.15, -0.1) is 11.3 Å². The van der Waals surface area contributed by atoms with Crippen molar-refractivity contribution < 1.29 is 14.3 Å². The van der Waals surface area contributed by atoms with Crippen LogP contribution in [0.1, 0.15) is 46.5 Å². The highest BCUT2D eigenvalue weighted by Crippen LogP contribution is 2.48. The number of nitrogens with one attached hydrogen (secondary N) is 1. The molecule has 1 N–H and O–H groups in total. The van der Waals surface area contributed by atoms with Crippen molar-refractivity contribution in [1.82, 2.24) is 4.98 Å². The predicted octanol–water partition coefficient (Wildman–Crippen LogP) is 5.24. The fraction of sp³-hybridized carbons (Fsp3) is 0.350. The summed E-state index contributed by atoms with van der Waals surface area (Å²) >= 11 is 13.7. The summed E-state index contributed by atoms with van der Waals surface area (Å²) in [4.78, 5) is 30.3. The summed E-state index contributed by atoms with van der Waals surface area (Å²) in [7, 11) is 0. The number of benzene rings is 1. The molecule has 8 heteroatoms. The SMILES string of the molecule is CCOC(=O)C1=CC(C2CC2)c2cc(Cl)c(NCc3cnc(Cl)s3)cc2C1=O. The van der Waals surface area contributed by atoms with Crippen LogP contribution >= 0.6 is 34.5 Å². The standard InChI is InChI=1S/C20H18Cl2N2O3S/c1-2-27-19(26)15-5-12(10-3-4-10)13-6-16(21)17(7-14(13)18(15)25)23-8-11-9-24-20(22)28-11/h5-7,9-10,12,23H,2-4,8H2,1H3. The lowest BCUT2D eigenvalue weighted by atomic mass is 9.80. The molecular weight excluding hydrogens is 419 g/mol. The Labute approximate surface area is 176 Å². The van der Waals surface area contributed by atoms with Crippen LogP contribution in [-0.2, 0) is 16.1 Å². The predicted molar refractivity (Wildman–Crippen MR) is 110 cm³/mol. The second kappa shape index (κ2) is 7.85. The number of anilines is 1. The van der Waals surface area contributed by atoms with Crippen LogP contribution in [0.4, 0.5) is 5.69 Å². The zero-order chi connectivity index (χ0) is 19.8. The number of aromatic nitrogens is 1. The van der Waals surface area contributed by atoms with E-state index in [0.717, 1.165) is 23.3 Å². The van der Waals surface area contributed by atoms with Gasteiger partial charge in [0.15, 0.2) is 10.3 Å². The van der Waals surface area contributed by atoms with Crippen molar-refractivity contribution in [1.29, 1.82) is 0 Å².